The van der Waals surface area contributed by atoms with Crippen molar-refractivity contribution in [2.24, 2.45) is 0 Å². The molecule has 0 aliphatic carbocycles. The molecule has 4 aromatic rings. The minimum Gasteiger partial charge on any atom is -1.00 e. The lowest BCUT2D eigenvalue weighted by molar-refractivity contribution is -0.688. The summed E-state index contributed by atoms with van der Waals surface area (Å²) in [4.78, 5) is 5.10. The summed E-state index contributed by atoms with van der Waals surface area (Å²) in [5.41, 5.74) is 8.33. The standard InChI is InChI=1S/C39H50N4.2BrH/c1-2-6-25-42(24-5-1)38-20-28-40(29-21-38)32-36-16-12-34(13-17-36)10-9-11-35-14-18-37(19-15-35)33-41-30-22-39(23-31-41)43-26-7-3-4-8-27-43;;/h12-23,28-31H,1-11,24-27,32-33H2;2*1H/q+2;;/p-2. The van der Waals surface area contributed by atoms with E-state index in [-0.39, 0.29) is 34.0 Å². The Labute approximate surface area is 292 Å². The summed E-state index contributed by atoms with van der Waals surface area (Å²) >= 11 is 0. The van der Waals surface area contributed by atoms with Crippen LogP contribution in [0.2, 0.25) is 0 Å². The molecule has 6 rings (SSSR count). The lowest BCUT2D eigenvalue weighted by Gasteiger charge is -2.21. The Hall–Kier alpha value is -2.70. The Morgan fingerprint density at radius 3 is 1.04 bits per heavy atom. The molecule has 0 atom stereocenters. The van der Waals surface area contributed by atoms with Gasteiger partial charge in [0.1, 0.15) is 0 Å². The molecule has 0 N–H and O–H groups in total. The molecule has 240 valence electrons. The molecular weight excluding hydrogens is 684 g/mol. The van der Waals surface area contributed by atoms with Gasteiger partial charge < -0.3 is 43.8 Å². The summed E-state index contributed by atoms with van der Waals surface area (Å²) in [5, 5.41) is 0. The number of anilines is 2. The summed E-state index contributed by atoms with van der Waals surface area (Å²) in [6, 6.07) is 27.7. The van der Waals surface area contributed by atoms with Gasteiger partial charge in [0, 0.05) is 72.9 Å². The van der Waals surface area contributed by atoms with Gasteiger partial charge in [0.2, 0.25) is 0 Å². The van der Waals surface area contributed by atoms with E-state index >= 15 is 0 Å². The number of benzene rings is 2. The van der Waals surface area contributed by atoms with E-state index in [1.165, 1.54) is 118 Å². The Morgan fingerprint density at radius 2 is 0.711 bits per heavy atom. The van der Waals surface area contributed by atoms with Crippen LogP contribution < -0.4 is 52.9 Å². The molecule has 2 fully saturated rings. The number of aryl methyl sites for hydroxylation is 2. The second-order valence-electron chi connectivity index (χ2n) is 12.7. The van der Waals surface area contributed by atoms with Gasteiger partial charge in [-0.3, -0.25) is 0 Å². The van der Waals surface area contributed by atoms with Crippen molar-refractivity contribution in [1.82, 2.24) is 0 Å². The molecule has 0 bridgehead atoms. The van der Waals surface area contributed by atoms with Gasteiger partial charge in [-0.2, -0.15) is 0 Å². The predicted molar refractivity (Wildman–Crippen MR) is 178 cm³/mol. The number of nitrogens with zero attached hydrogens (tertiary/aromatic N) is 4. The highest BCUT2D eigenvalue weighted by Crippen LogP contribution is 2.19. The number of hydrogen-bond donors (Lipinski definition) is 0. The molecule has 6 heteroatoms. The van der Waals surface area contributed by atoms with E-state index in [0.29, 0.717) is 0 Å². The van der Waals surface area contributed by atoms with Crippen molar-refractivity contribution in [3.8, 4) is 0 Å². The van der Waals surface area contributed by atoms with Crippen molar-refractivity contribution >= 4 is 11.4 Å². The molecule has 0 saturated carbocycles. The summed E-state index contributed by atoms with van der Waals surface area (Å²) in [5.74, 6) is 0. The van der Waals surface area contributed by atoms with Crippen LogP contribution in [0.3, 0.4) is 0 Å². The topological polar surface area (TPSA) is 14.2 Å². The van der Waals surface area contributed by atoms with Crippen molar-refractivity contribution in [2.45, 2.75) is 83.7 Å². The third-order valence-corrected chi connectivity index (χ3v) is 9.40. The van der Waals surface area contributed by atoms with E-state index in [1.54, 1.807) is 0 Å². The maximum Gasteiger partial charge on any atom is 0.173 e. The van der Waals surface area contributed by atoms with E-state index in [9.17, 15) is 0 Å². The van der Waals surface area contributed by atoms with Crippen LogP contribution in [0.5, 0.6) is 0 Å². The number of pyridine rings is 2. The molecule has 0 unspecified atom stereocenters. The Morgan fingerprint density at radius 1 is 0.400 bits per heavy atom. The molecule has 0 radical (unpaired) electrons. The molecule has 2 aliphatic rings. The van der Waals surface area contributed by atoms with E-state index in [2.05, 4.69) is 117 Å². The van der Waals surface area contributed by atoms with Crippen LogP contribution in [0.1, 0.15) is 80.0 Å². The van der Waals surface area contributed by atoms with Gasteiger partial charge in [-0.15, -0.1) is 0 Å². The fraction of sp³-hybridized carbons (Fsp3) is 0.436. The number of hydrogen-bond acceptors (Lipinski definition) is 2. The molecule has 4 heterocycles. The highest BCUT2D eigenvalue weighted by atomic mass is 79.9. The second-order valence-corrected chi connectivity index (χ2v) is 12.7. The van der Waals surface area contributed by atoms with E-state index in [0.717, 1.165) is 25.9 Å². The van der Waals surface area contributed by atoms with Crippen molar-refractivity contribution in [1.29, 1.82) is 0 Å². The van der Waals surface area contributed by atoms with Gasteiger partial charge in [-0.25, -0.2) is 9.13 Å². The molecule has 2 aliphatic heterocycles. The quantitative estimate of drug-likeness (QED) is 0.229. The van der Waals surface area contributed by atoms with Gasteiger partial charge in [0.15, 0.2) is 37.9 Å². The zero-order valence-electron chi connectivity index (χ0n) is 26.8. The smallest absolute Gasteiger partial charge is 0.173 e. The second kappa shape index (κ2) is 18.4. The van der Waals surface area contributed by atoms with Gasteiger partial charge in [-0.1, -0.05) is 74.2 Å². The van der Waals surface area contributed by atoms with Gasteiger partial charge in [-0.05, 0) is 56.1 Å². The summed E-state index contributed by atoms with van der Waals surface area (Å²) < 4.78 is 4.59. The predicted octanol–water partition coefficient (Wildman–Crippen LogP) is 1.30. The minimum absolute atomic E-state index is 0. The van der Waals surface area contributed by atoms with Crippen LogP contribution in [-0.4, -0.2) is 26.2 Å². The average Bonchev–Trinajstić information content (AvgIpc) is 3.50. The van der Waals surface area contributed by atoms with E-state index < -0.39 is 0 Å². The first kappa shape index (κ1) is 35.2. The van der Waals surface area contributed by atoms with Crippen molar-refractivity contribution in [2.75, 3.05) is 36.0 Å². The summed E-state index contributed by atoms with van der Waals surface area (Å²) in [6.07, 6.45) is 23.2. The zero-order valence-corrected chi connectivity index (χ0v) is 30.0. The Bertz CT molecular complexity index is 1260. The van der Waals surface area contributed by atoms with Crippen LogP contribution in [0.15, 0.2) is 97.6 Å². The van der Waals surface area contributed by atoms with E-state index in [4.69, 9.17) is 0 Å². The third-order valence-electron chi connectivity index (χ3n) is 9.40. The average molecular weight is 735 g/mol. The molecular formula is C39H50Br2N4. The van der Waals surface area contributed by atoms with Gasteiger partial charge >= 0.3 is 0 Å². The van der Waals surface area contributed by atoms with Crippen LogP contribution in [-0.2, 0) is 25.9 Å². The molecule has 2 aromatic carbocycles. The maximum absolute atomic E-state index is 2.55. The van der Waals surface area contributed by atoms with Crippen LogP contribution in [0.25, 0.3) is 0 Å². The highest BCUT2D eigenvalue weighted by molar-refractivity contribution is 5.44. The molecule has 45 heavy (non-hydrogen) atoms. The van der Waals surface area contributed by atoms with Crippen molar-refractivity contribution < 1.29 is 43.1 Å². The van der Waals surface area contributed by atoms with Crippen LogP contribution in [0.4, 0.5) is 11.4 Å². The zero-order chi connectivity index (χ0) is 29.1. The van der Waals surface area contributed by atoms with Crippen LogP contribution >= 0.6 is 0 Å². The largest absolute Gasteiger partial charge is 1.00 e. The minimum atomic E-state index is 0. The number of rotatable bonds is 10. The number of halogens is 2. The molecule has 2 saturated heterocycles. The monoisotopic (exact) mass is 732 g/mol. The highest BCUT2D eigenvalue weighted by Gasteiger charge is 2.13. The normalized spacial score (nSPS) is 15.4. The number of aromatic nitrogens is 2. The van der Waals surface area contributed by atoms with E-state index in [1.807, 2.05) is 0 Å². The lowest BCUT2D eigenvalue weighted by atomic mass is 10.0. The molecule has 0 amide bonds. The summed E-state index contributed by atoms with van der Waals surface area (Å²) in [6.45, 7) is 6.64. The summed E-state index contributed by atoms with van der Waals surface area (Å²) in [7, 11) is 0. The van der Waals surface area contributed by atoms with Crippen LogP contribution in [0, 0.1) is 0 Å². The maximum atomic E-state index is 2.55. The Kier molecular flexibility index (Phi) is 14.4. The fourth-order valence-electron chi connectivity index (χ4n) is 6.73. The molecule has 4 nitrogen and oxygen atoms in total. The van der Waals surface area contributed by atoms with Crippen molar-refractivity contribution in [3.63, 3.8) is 0 Å². The van der Waals surface area contributed by atoms with Gasteiger partial charge in [0.05, 0.1) is 0 Å². The third kappa shape index (κ3) is 10.7. The lowest BCUT2D eigenvalue weighted by Crippen LogP contribution is -3.00. The molecule has 2 aromatic heterocycles. The van der Waals surface area contributed by atoms with Gasteiger partial charge in [0.25, 0.3) is 0 Å². The fourth-order valence-corrected chi connectivity index (χ4v) is 6.73. The molecule has 0 spiro atoms. The first-order chi connectivity index (χ1) is 21.3. The Balaban J connectivity index is 0.00000230. The SMILES string of the molecule is [Br-].[Br-].c1cc(C[n+]2ccc(N3CCCCCC3)cc2)ccc1CCCc1ccc(C[n+]2ccc(N3CCCCCC3)cc2)cc1. The van der Waals surface area contributed by atoms with Crippen molar-refractivity contribution in [3.05, 3.63) is 120 Å². The first-order valence-electron chi connectivity index (χ1n) is 16.9. The first-order valence-corrected chi connectivity index (χ1v) is 16.9.